The number of nitrogens with zero attached hydrogens (tertiary/aromatic N) is 3. The van der Waals surface area contributed by atoms with Crippen molar-refractivity contribution in [3.05, 3.63) is 16.6 Å². The average molecular weight is 371 g/mol. The van der Waals surface area contributed by atoms with Gasteiger partial charge in [0, 0.05) is 37.1 Å². The molecule has 0 saturated carbocycles. The molecule has 1 aromatic rings. The molecule has 0 spiro atoms. The molecule has 0 bridgehead atoms. The van der Waals surface area contributed by atoms with E-state index in [0.29, 0.717) is 18.2 Å². The number of carbonyl (C=O) groups excluding carboxylic acids is 1. The van der Waals surface area contributed by atoms with Crippen molar-refractivity contribution >= 4 is 40.1 Å². The summed E-state index contributed by atoms with van der Waals surface area (Å²) in [6.45, 7) is 4.67. The first kappa shape index (κ1) is 18.7. The summed E-state index contributed by atoms with van der Waals surface area (Å²) in [5, 5.41) is 14.8. The summed E-state index contributed by atoms with van der Waals surface area (Å²) in [6.07, 6.45) is 0.174. The number of nitrogens with one attached hydrogen (secondary N) is 1. The molecule has 0 radical (unpaired) electrons. The topological polar surface area (TPSA) is 94.9 Å². The quantitative estimate of drug-likeness (QED) is 0.765. The second-order valence-electron chi connectivity index (χ2n) is 5.99. The zero-order valence-electron chi connectivity index (χ0n) is 13.9. The van der Waals surface area contributed by atoms with E-state index in [1.165, 1.54) is 16.2 Å². The fourth-order valence-corrected chi connectivity index (χ4v) is 3.92. The third-order valence-electron chi connectivity index (χ3n) is 3.55. The molecular formula is C15H22N4O3S2. The Morgan fingerprint density at radius 2 is 2.25 bits per heavy atom. The van der Waals surface area contributed by atoms with Crippen molar-refractivity contribution < 1.29 is 14.7 Å². The molecule has 2 heterocycles. The summed E-state index contributed by atoms with van der Waals surface area (Å²) >= 11 is 3.12. The maximum Gasteiger partial charge on any atom is 0.326 e. The summed E-state index contributed by atoms with van der Waals surface area (Å²) in [7, 11) is 1.66. The second kappa shape index (κ2) is 8.48. The predicted molar refractivity (Wildman–Crippen MR) is 96.9 cm³/mol. The van der Waals surface area contributed by atoms with E-state index >= 15 is 0 Å². The van der Waals surface area contributed by atoms with Gasteiger partial charge in [0.1, 0.15) is 6.04 Å². The van der Waals surface area contributed by atoms with Crippen molar-refractivity contribution in [1.29, 1.82) is 0 Å². The third kappa shape index (κ3) is 5.20. The van der Waals surface area contributed by atoms with Gasteiger partial charge in [0.2, 0.25) is 0 Å². The number of carbonyl (C=O) groups is 2. The second-order valence-corrected chi connectivity index (χ2v) is 7.75. The van der Waals surface area contributed by atoms with Gasteiger partial charge in [0.15, 0.2) is 0 Å². The molecule has 0 saturated heterocycles. The Balaban J connectivity index is 1.88. The molecule has 1 aromatic heterocycles. The molecular weight excluding hydrogens is 348 g/mol. The molecule has 0 aromatic carbocycles. The highest BCUT2D eigenvalue weighted by Gasteiger charge is 2.26. The first-order valence-electron chi connectivity index (χ1n) is 7.68. The number of carboxylic acid groups (broad SMARTS) is 1. The number of aliphatic imine (C=N–C) groups is 1. The molecule has 1 aliphatic rings. The van der Waals surface area contributed by atoms with Crippen LogP contribution in [0.3, 0.4) is 0 Å². The number of rotatable bonds is 7. The van der Waals surface area contributed by atoms with Crippen LogP contribution in [0, 0.1) is 5.92 Å². The average Bonchev–Trinajstić information content (AvgIpc) is 3.17. The van der Waals surface area contributed by atoms with E-state index in [1.54, 1.807) is 29.7 Å². The van der Waals surface area contributed by atoms with Crippen LogP contribution in [0.15, 0.2) is 15.9 Å². The van der Waals surface area contributed by atoms with Gasteiger partial charge in [-0.15, -0.1) is 23.1 Å². The van der Waals surface area contributed by atoms with Crippen LogP contribution in [0.5, 0.6) is 0 Å². The number of amides is 2. The molecule has 2 amide bonds. The number of hydrogen-bond donors (Lipinski definition) is 2. The van der Waals surface area contributed by atoms with Crippen molar-refractivity contribution in [2.24, 2.45) is 10.9 Å². The van der Waals surface area contributed by atoms with Gasteiger partial charge in [-0.25, -0.2) is 14.6 Å². The normalized spacial score (nSPS) is 18.3. The number of thiazole rings is 1. The zero-order chi connectivity index (χ0) is 17.7. The summed E-state index contributed by atoms with van der Waals surface area (Å²) in [4.78, 5) is 33.8. The van der Waals surface area contributed by atoms with Gasteiger partial charge in [-0.05, 0) is 0 Å². The molecule has 9 heteroatoms. The lowest BCUT2D eigenvalue weighted by Gasteiger charge is -2.22. The summed E-state index contributed by atoms with van der Waals surface area (Å²) < 4.78 is 0. The Hall–Kier alpha value is -1.61. The van der Waals surface area contributed by atoms with E-state index in [4.69, 9.17) is 0 Å². The summed E-state index contributed by atoms with van der Waals surface area (Å²) in [5.41, 5.74) is 2.30. The SMILES string of the molecule is CC(C)C1=NC(CN(C)C(=O)N[C@@H](Cc2cscn2)C(=O)O)CS1. The van der Waals surface area contributed by atoms with Crippen molar-refractivity contribution in [2.75, 3.05) is 19.3 Å². The predicted octanol–water partition coefficient (Wildman–Crippen LogP) is 1.95. The molecule has 2 atom stereocenters. The van der Waals surface area contributed by atoms with Crippen molar-refractivity contribution in [1.82, 2.24) is 15.2 Å². The monoisotopic (exact) mass is 370 g/mol. The maximum absolute atomic E-state index is 12.3. The summed E-state index contributed by atoms with van der Waals surface area (Å²) in [6, 6.07) is -1.34. The van der Waals surface area contributed by atoms with E-state index < -0.39 is 18.0 Å². The van der Waals surface area contributed by atoms with E-state index in [1.807, 2.05) is 0 Å². The van der Waals surface area contributed by atoms with Gasteiger partial charge in [-0.2, -0.15) is 0 Å². The number of hydrogen-bond acceptors (Lipinski definition) is 6. The largest absolute Gasteiger partial charge is 0.480 e. The zero-order valence-corrected chi connectivity index (χ0v) is 15.6. The minimum atomic E-state index is -1.07. The third-order valence-corrected chi connectivity index (χ3v) is 5.61. The number of thioether (sulfide) groups is 1. The Morgan fingerprint density at radius 1 is 1.50 bits per heavy atom. The highest BCUT2D eigenvalue weighted by molar-refractivity contribution is 8.14. The van der Waals surface area contributed by atoms with Gasteiger partial charge in [-0.3, -0.25) is 4.99 Å². The molecule has 2 rings (SSSR count). The Bertz CT molecular complexity index is 604. The fourth-order valence-electron chi connectivity index (χ4n) is 2.25. The Labute approximate surface area is 149 Å². The standard InChI is InChI=1S/C15H22N4O3S2/c1-9(2)13-17-11(7-24-13)5-19(3)15(22)18-12(14(20)21)4-10-6-23-8-16-10/h6,8-9,11-12H,4-5,7H2,1-3H3,(H,18,22)(H,20,21)/t11?,12-/m0/s1. The highest BCUT2D eigenvalue weighted by atomic mass is 32.2. The minimum absolute atomic E-state index is 0.0602. The number of urea groups is 1. The maximum atomic E-state index is 12.3. The van der Waals surface area contributed by atoms with Gasteiger partial charge < -0.3 is 15.3 Å². The van der Waals surface area contributed by atoms with Crippen molar-refractivity contribution in [2.45, 2.75) is 32.4 Å². The molecule has 132 valence electrons. The van der Waals surface area contributed by atoms with Gasteiger partial charge in [0.05, 0.1) is 22.3 Å². The Morgan fingerprint density at radius 3 is 2.79 bits per heavy atom. The smallest absolute Gasteiger partial charge is 0.326 e. The van der Waals surface area contributed by atoms with Crippen molar-refractivity contribution in [3.63, 3.8) is 0 Å². The molecule has 7 nitrogen and oxygen atoms in total. The van der Waals surface area contributed by atoms with Crippen LogP contribution in [-0.4, -0.2) is 63.5 Å². The van der Waals surface area contributed by atoms with Crippen LogP contribution in [-0.2, 0) is 11.2 Å². The molecule has 24 heavy (non-hydrogen) atoms. The first-order chi connectivity index (χ1) is 11.4. The van der Waals surface area contributed by atoms with E-state index in [-0.39, 0.29) is 12.5 Å². The van der Waals surface area contributed by atoms with E-state index in [0.717, 1.165) is 10.8 Å². The Kier molecular flexibility index (Phi) is 6.61. The number of carboxylic acids is 1. The molecule has 1 unspecified atom stereocenters. The van der Waals surface area contributed by atoms with Crippen LogP contribution < -0.4 is 5.32 Å². The number of aromatic nitrogens is 1. The van der Waals surface area contributed by atoms with Crippen LogP contribution in [0.2, 0.25) is 0 Å². The summed E-state index contributed by atoms with van der Waals surface area (Å²) in [5.74, 6) is 0.182. The van der Waals surface area contributed by atoms with Crippen LogP contribution >= 0.6 is 23.1 Å². The lowest BCUT2D eigenvalue weighted by Crippen LogP contribution is -2.49. The lowest BCUT2D eigenvalue weighted by atomic mass is 10.2. The van der Waals surface area contributed by atoms with Crippen LogP contribution in [0.25, 0.3) is 0 Å². The lowest BCUT2D eigenvalue weighted by molar-refractivity contribution is -0.139. The van der Waals surface area contributed by atoms with Crippen LogP contribution in [0.4, 0.5) is 4.79 Å². The minimum Gasteiger partial charge on any atom is -0.480 e. The fraction of sp³-hybridized carbons (Fsp3) is 0.600. The van der Waals surface area contributed by atoms with E-state index in [2.05, 4.69) is 29.1 Å². The van der Waals surface area contributed by atoms with Gasteiger partial charge in [0.25, 0.3) is 0 Å². The molecule has 2 N–H and O–H groups in total. The van der Waals surface area contributed by atoms with Gasteiger partial charge >= 0.3 is 12.0 Å². The van der Waals surface area contributed by atoms with E-state index in [9.17, 15) is 14.7 Å². The van der Waals surface area contributed by atoms with Gasteiger partial charge in [-0.1, -0.05) is 13.8 Å². The molecule has 0 aliphatic carbocycles. The first-order valence-corrected chi connectivity index (χ1v) is 9.61. The molecule has 0 fully saturated rings. The number of likely N-dealkylation sites (N-methyl/N-ethyl adjacent to an activating group) is 1. The highest BCUT2D eigenvalue weighted by Crippen LogP contribution is 2.23. The number of aliphatic carboxylic acids is 1. The molecule has 1 aliphatic heterocycles. The van der Waals surface area contributed by atoms with Crippen LogP contribution in [0.1, 0.15) is 19.5 Å². The van der Waals surface area contributed by atoms with Crippen molar-refractivity contribution in [3.8, 4) is 0 Å².